The van der Waals surface area contributed by atoms with Crippen molar-refractivity contribution in [1.29, 1.82) is 0 Å². The van der Waals surface area contributed by atoms with Crippen molar-refractivity contribution in [3.05, 3.63) is 29.3 Å². The van der Waals surface area contributed by atoms with Crippen molar-refractivity contribution in [2.24, 2.45) is 0 Å². The third-order valence-electron chi connectivity index (χ3n) is 4.35. The number of halogens is 17. The standard InChI is InChI=1S/C15H8F17N/c1-5-4-6(2-3-7(5)33)8(16,17)9(18,19)10(20,21)11(22,23)12(24,25)13(26,27)14(28,29)15(30,31)32/h2-4H,33H2,1H3. The molecule has 0 aliphatic heterocycles. The van der Waals surface area contributed by atoms with Crippen LogP contribution in [0.25, 0.3) is 0 Å². The maximum atomic E-state index is 14.0. The van der Waals surface area contributed by atoms with Gasteiger partial charge in [-0.2, -0.15) is 74.6 Å². The van der Waals surface area contributed by atoms with Gasteiger partial charge >= 0.3 is 47.6 Å². The largest absolute Gasteiger partial charge is 0.460 e. The van der Waals surface area contributed by atoms with Gasteiger partial charge in [-0.1, -0.05) is 6.07 Å². The van der Waals surface area contributed by atoms with Gasteiger partial charge in [-0.3, -0.25) is 0 Å². The lowest BCUT2D eigenvalue weighted by atomic mass is 9.87. The van der Waals surface area contributed by atoms with Crippen LogP contribution in [-0.4, -0.2) is 41.7 Å². The molecule has 0 aliphatic carbocycles. The highest BCUT2D eigenvalue weighted by atomic mass is 19.4. The molecule has 0 spiro atoms. The zero-order valence-electron chi connectivity index (χ0n) is 15.2. The van der Waals surface area contributed by atoms with Crippen molar-refractivity contribution in [3.8, 4) is 0 Å². The predicted octanol–water partition coefficient (Wildman–Crippen LogP) is 7.04. The topological polar surface area (TPSA) is 26.0 Å². The minimum atomic E-state index is -8.64. The van der Waals surface area contributed by atoms with Gasteiger partial charge in [-0.05, 0) is 24.6 Å². The van der Waals surface area contributed by atoms with E-state index in [1.807, 2.05) is 0 Å². The maximum absolute atomic E-state index is 14.0. The van der Waals surface area contributed by atoms with Crippen molar-refractivity contribution >= 4 is 5.69 Å². The summed E-state index contributed by atoms with van der Waals surface area (Å²) in [5.41, 5.74) is 1.83. The highest BCUT2D eigenvalue weighted by Gasteiger charge is 2.95. The van der Waals surface area contributed by atoms with Gasteiger partial charge in [0, 0.05) is 11.3 Å². The number of hydrogen-bond acceptors (Lipinski definition) is 1. The number of nitrogen functional groups attached to an aromatic ring is 1. The van der Waals surface area contributed by atoms with Gasteiger partial charge in [0.15, 0.2) is 0 Å². The van der Waals surface area contributed by atoms with E-state index in [9.17, 15) is 74.6 Å². The number of hydrogen-bond donors (Lipinski definition) is 1. The van der Waals surface area contributed by atoms with Crippen LogP contribution in [0, 0.1) is 6.92 Å². The molecule has 0 unspecified atom stereocenters. The van der Waals surface area contributed by atoms with Crippen molar-refractivity contribution < 1.29 is 74.6 Å². The predicted molar refractivity (Wildman–Crippen MR) is 75.2 cm³/mol. The van der Waals surface area contributed by atoms with Crippen LogP contribution >= 0.6 is 0 Å². The molecule has 18 heteroatoms. The van der Waals surface area contributed by atoms with Crippen LogP contribution in [-0.2, 0) is 5.92 Å². The highest BCUT2D eigenvalue weighted by molar-refractivity contribution is 5.49. The Hall–Kier alpha value is -2.17. The monoisotopic (exact) mass is 525 g/mol. The van der Waals surface area contributed by atoms with E-state index in [2.05, 4.69) is 0 Å². The van der Waals surface area contributed by atoms with Gasteiger partial charge in [-0.25, -0.2) is 0 Å². The molecule has 0 fully saturated rings. The van der Waals surface area contributed by atoms with Crippen molar-refractivity contribution in [3.63, 3.8) is 0 Å². The third kappa shape index (κ3) is 3.63. The van der Waals surface area contributed by atoms with E-state index < -0.39 is 64.4 Å². The van der Waals surface area contributed by atoms with E-state index in [0.717, 1.165) is 6.92 Å². The highest BCUT2D eigenvalue weighted by Crippen LogP contribution is 2.65. The summed E-state index contributed by atoms with van der Waals surface area (Å²) in [7, 11) is 0. The quantitative estimate of drug-likeness (QED) is 0.300. The molecule has 0 radical (unpaired) electrons. The minimum Gasteiger partial charge on any atom is -0.399 e. The van der Waals surface area contributed by atoms with E-state index in [1.165, 1.54) is 0 Å². The Bertz CT molecular complexity index is 883. The molecular weight excluding hydrogens is 517 g/mol. The second-order valence-corrected chi connectivity index (χ2v) is 6.59. The summed E-state index contributed by atoms with van der Waals surface area (Å²) >= 11 is 0. The van der Waals surface area contributed by atoms with Gasteiger partial charge in [0.25, 0.3) is 0 Å². The summed E-state index contributed by atoms with van der Waals surface area (Å²) in [4.78, 5) is 0. The first-order valence-electron chi connectivity index (χ1n) is 7.74. The summed E-state index contributed by atoms with van der Waals surface area (Å²) in [6.07, 6.45) is -7.78. The zero-order valence-corrected chi connectivity index (χ0v) is 15.2. The summed E-state index contributed by atoms with van der Waals surface area (Å²) in [6.45, 7) is 0.799. The molecule has 0 saturated heterocycles. The SMILES string of the molecule is Cc1cc(C(F)(F)C(F)(F)C(F)(F)C(F)(F)C(F)(F)C(F)(F)C(F)(F)C(F)(F)F)ccc1N. The number of nitrogens with two attached hydrogens (primary N) is 1. The molecule has 33 heavy (non-hydrogen) atoms. The molecule has 0 aromatic heterocycles. The van der Waals surface area contributed by atoms with Gasteiger partial charge in [0.05, 0.1) is 0 Å². The fourth-order valence-electron chi connectivity index (χ4n) is 2.22. The van der Waals surface area contributed by atoms with Crippen LogP contribution < -0.4 is 5.73 Å². The zero-order chi connectivity index (χ0) is 26.9. The molecule has 192 valence electrons. The molecule has 1 nitrogen and oxygen atoms in total. The van der Waals surface area contributed by atoms with E-state index in [-0.39, 0.29) is 12.1 Å². The molecule has 0 saturated carbocycles. The Morgan fingerprint density at radius 3 is 1.18 bits per heavy atom. The minimum absolute atomic E-state index is 0.109. The fraction of sp³-hybridized carbons (Fsp3) is 0.600. The maximum Gasteiger partial charge on any atom is 0.460 e. The first-order valence-corrected chi connectivity index (χ1v) is 7.74. The Morgan fingerprint density at radius 1 is 0.515 bits per heavy atom. The Labute approximate surface area is 171 Å². The summed E-state index contributed by atoms with van der Waals surface area (Å²) in [5.74, 6) is -56.6. The smallest absolute Gasteiger partial charge is 0.399 e. The second kappa shape index (κ2) is 7.41. The number of rotatable bonds is 7. The average molecular weight is 525 g/mol. The van der Waals surface area contributed by atoms with Gasteiger partial charge in [0.1, 0.15) is 0 Å². The van der Waals surface area contributed by atoms with Gasteiger partial charge in [-0.15, -0.1) is 0 Å². The normalized spacial score (nSPS) is 15.7. The molecule has 2 N–H and O–H groups in total. The molecule has 1 aromatic carbocycles. The van der Waals surface area contributed by atoms with E-state index >= 15 is 0 Å². The molecule has 0 heterocycles. The number of benzene rings is 1. The summed E-state index contributed by atoms with van der Waals surface area (Å²) in [6, 6.07) is 0.0641. The van der Waals surface area contributed by atoms with Gasteiger partial charge < -0.3 is 5.73 Å². The fourth-order valence-corrected chi connectivity index (χ4v) is 2.22. The van der Waals surface area contributed by atoms with Crippen molar-refractivity contribution in [2.45, 2.75) is 54.6 Å². The van der Waals surface area contributed by atoms with Crippen LogP contribution in [0.1, 0.15) is 11.1 Å². The number of aryl methyl sites for hydroxylation is 1. The molecule has 1 rings (SSSR count). The number of alkyl halides is 17. The van der Waals surface area contributed by atoms with E-state index in [1.54, 1.807) is 0 Å². The first-order chi connectivity index (χ1) is 14.2. The van der Waals surface area contributed by atoms with Crippen molar-refractivity contribution in [1.82, 2.24) is 0 Å². The lowest BCUT2D eigenvalue weighted by Crippen LogP contribution is -2.74. The molecule has 1 aromatic rings. The lowest BCUT2D eigenvalue weighted by molar-refractivity contribution is -0.462. The molecule has 0 aliphatic rings. The summed E-state index contributed by atoms with van der Waals surface area (Å²) in [5, 5.41) is 0. The van der Waals surface area contributed by atoms with Crippen LogP contribution in [0.2, 0.25) is 0 Å². The first kappa shape index (κ1) is 28.9. The molecular formula is C15H8F17N. The van der Waals surface area contributed by atoms with Crippen molar-refractivity contribution in [2.75, 3.05) is 5.73 Å². The third-order valence-corrected chi connectivity index (χ3v) is 4.35. The van der Waals surface area contributed by atoms with E-state index in [4.69, 9.17) is 5.73 Å². The molecule has 0 bridgehead atoms. The van der Waals surface area contributed by atoms with Crippen LogP contribution in [0.3, 0.4) is 0 Å². The Kier molecular flexibility index (Phi) is 6.48. The van der Waals surface area contributed by atoms with Crippen LogP contribution in [0.4, 0.5) is 80.3 Å². The van der Waals surface area contributed by atoms with Crippen LogP contribution in [0.15, 0.2) is 18.2 Å². The molecule has 0 amide bonds. The summed E-state index contributed by atoms with van der Waals surface area (Å²) < 4.78 is 225. The average Bonchev–Trinajstić information content (AvgIpc) is 2.61. The Morgan fingerprint density at radius 2 is 0.848 bits per heavy atom. The molecule has 0 atom stereocenters. The van der Waals surface area contributed by atoms with Gasteiger partial charge in [0.2, 0.25) is 0 Å². The van der Waals surface area contributed by atoms with E-state index in [0.29, 0.717) is 6.07 Å². The Balaban J connectivity index is 3.74. The van der Waals surface area contributed by atoms with Crippen LogP contribution in [0.5, 0.6) is 0 Å². The second-order valence-electron chi connectivity index (χ2n) is 6.59. The lowest BCUT2D eigenvalue weighted by Gasteiger charge is -2.42. The number of anilines is 1.